The van der Waals surface area contributed by atoms with Gasteiger partial charge in [-0.1, -0.05) is 74.0 Å². The van der Waals surface area contributed by atoms with Crippen molar-refractivity contribution in [1.29, 1.82) is 0 Å². The number of phenols is 1. The summed E-state index contributed by atoms with van der Waals surface area (Å²) in [7, 11) is -4.37. The molecule has 0 amide bonds. The minimum atomic E-state index is -4.37. The Morgan fingerprint density at radius 1 is 0.926 bits per heavy atom. The molecular formula is C21H25NO4S. The van der Waals surface area contributed by atoms with E-state index in [4.69, 9.17) is 4.55 Å². The van der Waals surface area contributed by atoms with Gasteiger partial charge in [0.2, 0.25) is 0 Å². The van der Waals surface area contributed by atoms with Crippen molar-refractivity contribution in [1.82, 2.24) is 5.32 Å². The normalized spacial score (nSPS) is 11.0. The highest BCUT2D eigenvalue weighted by Crippen LogP contribution is 2.31. The van der Waals surface area contributed by atoms with Crippen molar-refractivity contribution >= 4 is 20.9 Å². The Bertz CT molecular complexity index is 956. The number of hydrogen-bond acceptors (Lipinski definition) is 4. The van der Waals surface area contributed by atoms with Crippen molar-refractivity contribution in [3.8, 4) is 5.75 Å². The molecule has 6 heteroatoms. The maximum absolute atomic E-state index is 10.9. The smallest absolute Gasteiger partial charge is 0.298 e. The highest BCUT2D eigenvalue weighted by molar-refractivity contribution is 7.86. The third kappa shape index (κ3) is 6.36. The molecule has 0 atom stereocenters. The van der Waals surface area contributed by atoms with Gasteiger partial charge in [-0.3, -0.25) is 4.55 Å². The summed E-state index contributed by atoms with van der Waals surface area (Å²) in [6.45, 7) is 4.34. The number of nitrogens with one attached hydrogen (secondary N) is 1. The Morgan fingerprint density at radius 3 is 2.26 bits per heavy atom. The maximum Gasteiger partial charge on any atom is 0.298 e. The van der Waals surface area contributed by atoms with Crippen LogP contribution >= 0.6 is 0 Å². The molecule has 0 fully saturated rings. The molecule has 5 nitrogen and oxygen atoms in total. The maximum atomic E-state index is 10.9. The summed E-state index contributed by atoms with van der Waals surface area (Å²) in [5.74, 6) is -0.421. The lowest BCUT2D eigenvalue weighted by Crippen LogP contribution is -2.14. The van der Waals surface area contributed by atoms with Crippen LogP contribution in [0, 0.1) is 0 Å². The predicted molar refractivity (Wildman–Crippen MR) is 108 cm³/mol. The molecular weight excluding hydrogens is 362 g/mol. The molecule has 27 heavy (non-hydrogen) atoms. The average Bonchev–Trinajstić information content (AvgIpc) is 2.66. The van der Waals surface area contributed by atoms with Crippen LogP contribution in [0.5, 0.6) is 5.75 Å². The number of hydrogen-bond donors (Lipinski definition) is 3. The first kappa shape index (κ1) is 20.9. The molecule has 3 N–H and O–H groups in total. The Hall–Kier alpha value is -2.41. The van der Waals surface area contributed by atoms with Gasteiger partial charge in [0.05, 0.1) is 0 Å². The Kier molecular flexibility index (Phi) is 7.79. The number of benzene rings is 3. The molecule has 0 unspecified atom stereocenters. The number of fused-ring (bicyclic) bond motifs is 1. The van der Waals surface area contributed by atoms with Crippen molar-refractivity contribution in [3.63, 3.8) is 0 Å². The minimum Gasteiger partial charge on any atom is -0.506 e. The Balaban J connectivity index is 0.000000199. The van der Waals surface area contributed by atoms with E-state index in [9.17, 15) is 13.5 Å². The number of rotatable bonds is 6. The predicted octanol–water partition coefficient (Wildman–Crippen LogP) is 4.37. The van der Waals surface area contributed by atoms with Gasteiger partial charge < -0.3 is 10.4 Å². The third-order valence-corrected chi connectivity index (χ3v) is 4.91. The number of phenolic OH excluding ortho intramolecular Hbond substituents is 1. The van der Waals surface area contributed by atoms with Gasteiger partial charge in [0, 0.05) is 11.9 Å². The van der Waals surface area contributed by atoms with E-state index in [1.54, 1.807) is 24.3 Å². The quantitative estimate of drug-likeness (QED) is 0.432. The van der Waals surface area contributed by atoms with Gasteiger partial charge in [-0.25, -0.2) is 0 Å². The summed E-state index contributed by atoms with van der Waals surface area (Å²) in [5.41, 5.74) is 1.37. The molecule has 0 radical (unpaired) electrons. The highest BCUT2D eigenvalue weighted by atomic mass is 32.2. The average molecular weight is 388 g/mol. The van der Waals surface area contributed by atoms with E-state index in [1.165, 1.54) is 30.5 Å². The first-order valence-corrected chi connectivity index (χ1v) is 10.3. The van der Waals surface area contributed by atoms with Gasteiger partial charge in [-0.15, -0.1) is 0 Å². The largest absolute Gasteiger partial charge is 0.506 e. The van der Waals surface area contributed by atoms with Crippen LogP contribution < -0.4 is 5.32 Å². The van der Waals surface area contributed by atoms with E-state index >= 15 is 0 Å². The van der Waals surface area contributed by atoms with E-state index < -0.39 is 20.8 Å². The van der Waals surface area contributed by atoms with E-state index in [2.05, 4.69) is 42.6 Å². The van der Waals surface area contributed by atoms with Crippen molar-refractivity contribution < 1.29 is 18.1 Å². The van der Waals surface area contributed by atoms with E-state index in [-0.39, 0.29) is 0 Å². The first-order valence-electron chi connectivity index (χ1n) is 8.86. The summed E-state index contributed by atoms with van der Waals surface area (Å²) < 4.78 is 30.6. The molecule has 0 aromatic heterocycles. The fourth-order valence-electron chi connectivity index (χ4n) is 2.57. The van der Waals surface area contributed by atoms with Gasteiger partial charge in [0.15, 0.2) is 0 Å². The summed E-state index contributed by atoms with van der Waals surface area (Å²) in [5, 5.41) is 14.2. The zero-order chi connectivity index (χ0) is 19.7. The van der Waals surface area contributed by atoms with Crippen molar-refractivity contribution in [3.05, 3.63) is 72.3 Å². The minimum absolute atomic E-state index is 0.396. The van der Waals surface area contributed by atoms with Crippen LogP contribution in [0.4, 0.5) is 0 Å². The van der Waals surface area contributed by atoms with Crippen LogP contribution in [0.15, 0.2) is 71.6 Å². The summed E-state index contributed by atoms with van der Waals surface area (Å²) in [6.07, 6.45) is 2.54. The monoisotopic (exact) mass is 387 g/mol. The molecule has 0 spiro atoms. The topological polar surface area (TPSA) is 86.6 Å². The zero-order valence-corrected chi connectivity index (χ0v) is 16.1. The van der Waals surface area contributed by atoms with Crippen LogP contribution in [0.1, 0.15) is 25.3 Å². The number of aromatic hydroxyl groups is 1. The molecule has 0 aliphatic rings. The second kappa shape index (κ2) is 10.1. The Labute approximate surface area is 160 Å². The number of unbranched alkanes of at least 4 members (excludes halogenated alkanes) is 1. The molecule has 3 aromatic rings. The molecule has 0 bridgehead atoms. The van der Waals surface area contributed by atoms with Gasteiger partial charge in [-0.2, -0.15) is 8.42 Å². The molecule has 0 saturated carbocycles. The second-order valence-corrected chi connectivity index (χ2v) is 7.51. The lowest BCUT2D eigenvalue weighted by atomic mass is 10.1. The van der Waals surface area contributed by atoms with Crippen LogP contribution in [-0.2, 0) is 16.7 Å². The van der Waals surface area contributed by atoms with Gasteiger partial charge >= 0.3 is 0 Å². The van der Waals surface area contributed by atoms with E-state index in [1.807, 2.05) is 0 Å². The van der Waals surface area contributed by atoms with Crippen LogP contribution in [0.25, 0.3) is 10.8 Å². The van der Waals surface area contributed by atoms with E-state index in [0.717, 1.165) is 13.1 Å². The molecule has 0 saturated heterocycles. The van der Waals surface area contributed by atoms with Crippen molar-refractivity contribution in [2.75, 3.05) is 6.54 Å². The highest BCUT2D eigenvalue weighted by Gasteiger charge is 2.16. The molecule has 144 valence electrons. The molecule has 0 aliphatic carbocycles. The fourth-order valence-corrected chi connectivity index (χ4v) is 3.17. The van der Waals surface area contributed by atoms with Crippen LogP contribution in [-0.4, -0.2) is 24.6 Å². The van der Waals surface area contributed by atoms with Crippen molar-refractivity contribution in [2.45, 2.75) is 31.2 Å². The lowest BCUT2D eigenvalue weighted by Gasteiger charge is -2.04. The molecule has 3 rings (SSSR count). The molecule has 0 heterocycles. The summed E-state index contributed by atoms with van der Waals surface area (Å²) in [4.78, 5) is -0.471. The van der Waals surface area contributed by atoms with Gasteiger partial charge in [0.1, 0.15) is 10.6 Å². The van der Waals surface area contributed by atoms with Crippen LogP contribution in [0.2, 0.25) is 0 Å². The fraction of sp³-hybridized carbons (Fsp3) is 0.238. The van der Waals surface area contributed by atoms with Gasteiger partial charge in [0.25, 0.3) is 10.1 Å². The second-order valence-electron chi connectivity index (χ2n) is 6.12. The zero-order valence-electron chi connectivity index (χ0n) is 15.3. The SMILES string of the molecule is CCCCNCc1ccccc1.O=S(=O)(O)c1ccc2ccccc2c1O. The van der Waals surface area contributed by atoms with Crippen LogP contribution in [0.3, 0.4) is 0 Å². The molecule has 3 aromatic carbocycles. The summed E-state index contributed by atoms with van der Waals surface area (Å²) in [6, 6.07) is 20.0. The Morgan fingerprint density at radius 2 is 1.59 bits per heavy atom. The lowest BCUT2D eigenvalue weighted by molar-refractivity contribution is 0.448. The summed E-state index contributed by atoms with van der Waals surface area (Å²) >= 11 is 0. The van der Waals surface area contributed by atoms with Gasteiger partial charge in [-0.05, 0) is 30.0 Å². The molecule has 0 aliphatic heterocycles. The first-order chi connectivity index (χ1) is 12.9. The third-order valence-electron chi connectivity index (χ3n) is 4.02. The van der Waals surface area contributed by atoms with E-state index in [0.29, 0.717) is 10.8 Å². The van der Waals surface area contributed by atoms with Crippen molar-refractivity contribution in [2.24, 2.45) is 0 Å². The standard InChI is InChI=1S/C11H17N.C10H8O4S/c1-2-3-9-12-10-11-7-5-4-6-8-11;11-10-8-4-2-1-3-7(8)5-6-9(10)15(12,13)14/h4-8,12H,2-3,9-10H2,1H3;1-6,11H,(H,12,13,14).